The van der Waals surface area contributed by atoms with Gasteiger partial charge in [-0.2, -0.15) is 4.31 Å². The van der Waals surface area contributed by atoms with E-state index < -0.39 is 33.9 Å². The number of aliphatic carboxylic acids is 1. The molecule has 8 nitrogen and oxygen atoms in total. The number of benzene rings is 1. The van der Waals surface area contributed by atoms with Gasteiger partial charge in [0.25, 0.3) is 0 Å². The molecule has 9 heteroatoms. The second kappa shape index (κ2) is 9.38. The number of piperidine rings is 1. The first-order valence-electron chi connectivity index (χ1n) is 9.38. The van der Waals surface area contributed by atoms with Crippen LogP contribution in [0.3, 0.4) is 0 Å². The first-order valence-corrected chi connectivity index (χ1v) is 10.8. The fourth-order valence-corrected chi connectivity index (χ4v) is 4.75. The summed E-state index contributed by atoms with van der Waals surface area (Å²) in [5, 5.41) is 12.0. The summed E-state index contributed by atoms with van der Waals surface area (Å²) in [6.07, 6.45) is 1.67. The highest BCUT2D eigenvalue weighted by Crippen LogP contribution is 2.25. The summed E-state index contributed by atoms with van der Waals surface area (Å²) in [5.41, 5.74) is 0. The van der Waals surface area contributed by atoms with Crippen molar-refractivity contribution in [3.05, 3.63) is 24.3 Å². The van der Waals surface area contributed by atoms with Crippen LogP contribution in [-0.4, -0.2) is 55.9 Å². The van der Waals surface area contributed by atoms with Crippen LogP contribution < -0.4 is 10.1 Å². The van der Waals surface area contributed by atoms with Crippen molar-refractivity contribution in [3.63, 3.8) is 0 Å². The van der Waals surface area contributed by atoms with Gasteiger partial charge in [-0.1, -0.05) is 20.3 Å². The average molecular weight is 413 g/mol. The Balaban J connectivity index is 2.11. The number of carbonyl (C=O) groups excluding carboxylic acids is 1. The van der Waals surface area contributed by atoms with Gasteiger partial charge >= 0.3 is 5.97 Å². The van der Waals surface area contributed by atoms with E-state index in [4.69, 9.17) is 4.74 Å². The lowest BCUT2D eigenvalue weighted by Crippen LogP contribution is -2.51. The van der Waals surface area contributed by atoms with E-state index in [-0.39, 0.29) is 17.4 Å². The molecule has 0 saturated carbocycles. The summed E-state index contributed by atoms with van der Waals surface area (Å²) in [4.78, 5) is 24.2. The van der Waals surface area contributed by atoms with Gasteiger partial charge in [-0.3, -0.25) is 4.79 Å². The Kier molecular flexibility index (Phi) is 7.42. The molecule has 1 aromatic carbocycles. The smallest absolute Gasteiger partial charge is 0.326 e. The summed E-state index contributed by atoms with van der Waals surface area (Å²) in [5.74, 6) is -1.74. The van der Waals surface area contributed by atoms with Crippen molar-refractivity contribution in [2.45, 2.75) is 44.0 Å². The van der Waals surface area contributed by atoms with Crippen molar-refractivity contribution in [1.29, 1.82) is 0 Å². The van der Waals surface area contributed by atoms with Gasteiger partial charge < -0.3 is 15.2 Å². The van der Waals surface area contributed by atoms with Gasteiger partial charge in [-0.25, -0.2) is 13.2 Å². The quantitative estimate of drug-likeness (QED) is 0.672. The minimum atomic E-state index is -3.74. The fourth-order valence-electron chi connectivity index (χ4n) is 3.23. The molecular formula is C19H28N2O6S. The van der Waals surface area contributed by atoms with E-state index >= 15 is 0 Å². The third kappa shape index (κ3) is 5.02. The second-order valence-electron chi connectivity index (χ2n) is 7.09. The molecule has 156 valence electrons. The third-order valence-corrected chi connectivity index (χ3v) is 7.11. The topological polar surface area (TPSA) is 113 Å². The van der Waals surface area contributed by atoms with Gasteiger partial charge in [0, 0.05) is 13.1 Å². The predicted molar refractivity (Wildman–Crippen MR) is 103 cm³/mol. The van der Waals surface area contributed by atoms with Crippen LogP contribution in [0.4, 0.5) is 0 Å². The molecule has 1 aliphatic heterocycles. The van der Waals surface area contributed by atoms with Gasteiger partial charge in [0.15, 0.2) is 0 Å². The first kappa shape index (κ1) is 22.2. The minimum absolute atomic E-state index is 0.0348. The van der Waals surface area contributed by atoms with E-state index in [9.17, 15) is 23.1 Å². The summed E-state index contributed by atoms with van der Waals surface area (Å²) < 4.78 is 32.1. The Morgan fingerprint density at radius 1 is 1.32 bits per heavy atom. The number of carbonyl (C=O) groups is 2. The van der Waals surface area contributed by atoms with Crippen LogP contribution >= 0.6 is 0 Å². The van der Waals surface area contributed by atoms with Crippen molar-refractivity contribution in [2.75, 3.05) is 20.2 Å². The van der Waals surface area contributed by atoms with Gasteiger partial charge in [0.1, 0.15) is 11.8 Å². The SMILES string of the molecule is CC[C@H](C)[C@H](NC(=O)[C@H]1CCCN(S(=O)(=O)c2ccc(OC)cc2)C1)C(=O)O. The van der Waals surface area contributed by atoms with Gasteiger partial charge in [-0.15, -0.1) is 0 Å². The number of methoxy groups -OCH3 is 1. The highest BCUT2D eigenvalue weighted by atomic mass is 32.2. The summed E-state index contributed by atoms with van der Waals surface area (Å²) >= 11 is 0. The molecule has 1 fully saturated rings. The zero-order chi connectivity index (χ0) is 20.9. The number of hydrogen-bond donors (Lipinski definition) is 2. The lowest BCUT2D eigenvalue weighted by Gasteiger charge is -2.32. The van der Waals surface area contributed by atoms with Crippen LogP contribution in [0.25, 0.3) is 0 Å². The number of hydrogen-bond acceptors (Lipinski definition) is 5. The molecule has 3 atom stereocenters. The van der Waals surface area contributed by atoms with E-state index in [1.807, 2.05) is 6.92 Å². The minimum Gasteiger partial charge on any atom is -0.497 e. The number of carboxylic acids is 1. The number of rotatable bonds is 8. The van der Waals surface area contributed by atoms with Crippen molar-refractivity contribution < 1.29 is 27.9 Å². The van der Waals surface area contributed by atoms with E-state index in [2.05, 4.69) is 5.32 Å². The molecule has 2 N–H and O–H groups in total. The van der Waals surface area contributed by atoms with Crippen LogP contribution in [0.2, 0.25) is 0 Å². The normalized spacial score (nSPS) is 20.2. The Morgan fingerprint density at radius 3 is 2.50 bits per heavy atom. The van der Waals surface area contributed by atoms with Crippen LogP contribution in [0.5, 0.6) is 5.75 Å². The largest absolute Gasteiger partial charge is 0.497 e. The van der Waals surface area contributed by atoms with E-state index in [1.54, 1.807) is 19.1 Å². The molecule has 1 aliphatic rings. The Morgan fingerprint density at radius 2 is 1.96 bits per heavy atom. The van der Waals surface area contributed by atoms with E-state index in [0.717, 1.165) is 0 Å². The number of sulfonamides is 1. The number of ether oxygens (including phenoxy) is 1. The summed E-state index contributed by atoms with van der Waals surface area (Å²) in [6, 6.07) is 5.11. The van der Waals surface area contributed by atoms with Crippen LogP contribution in [-0.2, 0) is 19.6 Å². The molecule has 2 rings (SSSR count). The second-order valence-corrected chi connectivity index (χ2v) is 9.03. The maximum atomic E-state index is 12.9. The maximum Gasteiger partial charge on any atom is 0.326 e. The van der Waals surface area contributed by atoms with Crippen LogP contribution in [0, 0.1) is 11.8 Å². The van der Waals surface area contributed by atoms with E-state index in [1.165, 1.54) is 23.5 Å². The Labute approximate surface area is 165 Å². The van der Waals surface area contributed by atoms with Gasteiger partial charge in [0.2, 0.25) is 15.9 Å². The maximum absolute atomic E-state index is 12.9. The number of nitrogens with zero attached hydrogens (tertiary/aromatic N) is 1. The van der Waals surface area contributed by atoms with Crippen molar-refractivity contribution in [1.82, 2.24) is 9.62 Å². The lowest BCUT2D eigenvalue weighted by atomic mass is 9.95. The molecule has 0 unspecified atom stereocenters. The molecule has 1 saturated heterocycles. The van der Waals surface area contributed by atoms with Gasteiger partial charge in [0.05, 0.1) is 17.9 Å². The van der Waals surface area contributed by atoms with Crippen molar-refractivity contribution >= 4 is 21.9 Å². The molecule has 0 bridgehead atoms. The van der Waals surface area contributed by atoms with Crippen LogP contribution in [0.15, 0.2) is 29.2 Å². The molecule has 1 aromatic rings. The molecule has 0 radical (unpaired) electrons. The Bertz CT molecular complexity index is 793. The monoisotopic (exact) mass is 412 g/mol. The fraction of sp³-hybridized carbons (Fsp3) is 0.579. The van der Waals surface area contributed by atoms with Crippen molar-refractivity contribution in [2.24, 2.45) is 11.8 Å². The highest BCUT2D eigenvalue weighted by molar-refractivity contribution is 7.89. The molecule has 1 amide bonds. The highest BCUT2D eigenvalue weighted by Gasteiger charge is 2.35. The molecule has 0 spiro atoms. The third-order valence-electron chi connectivity index (χ3n) is 5.23. The molecular weight excluding hydrogens is 384 g/mol. The summed E-state index contributed by atoms with van der Waals surface area (Å²) in [7, 11) is -2.24. The average Bonchev–Trinajstić information content (AvgIpc) is 2.71. The predicted octanol–water partition coefficient (Wildman–Crippen LogP) is 1.71. The molecule has 1 heterocycles. The first-order chi connectivity index (χ1) is 13.2. The Hall–Kier alpha value is -2.13. The lowest BCUT2D eigenvalue weighted by molar-refractivity contribution is -0.144. The number of carboxylic acid groups (broad SMARTS) is 1. The van der Waals surface area contributed by atoms with Crippen LogP contribution in [0.1, 0.15) is 33.1 Å². The number of nitrogens with one attached hydrogen (secondary N) is 1. The van der Waals surface area contributed by atoms with Crippen molar-refractivity contribution in [3.8, 4) is 5.75 Å². The molecule has 0 aromatic heterocycles. The molecule has 0 aliphatic carbocycles. The van der Waals surface area contributed by atoms with Gasteiger partial charge in [-0.05, 0) is 43.0 Å². The standard InChI is InChI=1S/C19H28N2O6S/c1-4-13(2)17(19(23)24)20-18(22)14-6-5-11-21(12-14)28(25,26)16-9-7-15(27-3)8-10-16/h7-10,13-14,17H,4-6,11-12H2,1-3H3,(H,20,22)(H,23,24)/t13-,14-,17-/m0/s1. The summed E-state index contributed by atoms with van der Waals surface area (Å²) in [6.45, 7) is 3.98. The zero-order valence-electron chi connectivity index (χ0n) is 16.4. The van der Waals surface area contributed by atoms with E-state index in [0.29, 0.717) is 31.6 Å². The zero-order valence-corrected chi connectivity index (χ0v) is 17.2. The number of amides is 1. The molecule has 28 heavy (non-hydrogen) atoms.